The summed E-state index contributed by atoms with van der Waals surface area (Å²) in [6.07, 6.45) is 5.48. The van der Waals surface area contributed by atoms with Crippen LogP contribution in [0.4, 0.5) is 4.79 Å². The Morgan fingerprint density at radius 2 is 1.93 bits per heavy atom. The molecule has 0 spiro atoms. The van der Waals surface area contributed by atoms with Crippen molar-refractivity contribution in [2.24, 2.45) is 5.92 Å². The Bertz CT molecular complexity index is 198. The number of carbonyl (C=O) groups is 1. The fourth-order valence-corrected chi connectivity index (χ4v) is 1.59. The van der Waals surface area contributed by atoms with Gasteiger partial charge in [-0.1, -0.05) is 0 Å². The minimum Gasteiger partial charge on any atom is -0.306 e. The molecule has 1 saturated carbocycles. The summed E-state index contributed by atoms with van der Waals surface area (Å²) >= 11 is 0. The van der Waals surface area contributed by atoms with Gasteiger partial charge in [-0.25, -0.2) is 4.79 Å². The van der Waals surface area contributed by atoms with Crippen molar-refractivity contribution in [3.8, 4) is 0 Å². The lowest BCUT2D eigenvalue weighted by atomic mass is 10.1. The van der Waals surface area contributed by atoms with E-state index in [0.29, 0.717) is 12.5 Å². The number of rotatable bonds is 3. The Kier molecular flexibility index (Phi) is 3.24. The number of amides is 1. The number of carbonyl (C=O) groups excluding carboxylic acids is 1. The third-order valence-corrected chi connectivity index (χ3v) is 2.75. The molecule has 0 N–H and O–H groups in total. The summed E-state index contributed by atoms with van der Waals surface area (Å²) in [4.78, 5) is 22.7. The highest BCUT2D eigenvalue weighted by atomic mass is 17.2. The van der Waals surface area contributed by atoms with Gasteiger partial charge in [0.15, 0.2) is 0 Å². The summed E-state index contributed by atoms with van der Waals surface area (Å²) in [5.74, 6) is 0.629. The van der Waals surface area contributed by atoms with Gasteiger partial charge in [0, 0.05) is 13.1 Å². The van der Waals surface area contributed by atoms with Crippen molar-refractivity contribution in [1.29, 1.82) is 0 Å². The molecular formula is C10H17NO3. The van der Waals surface area contributed by atoms with E-state index in [2.05, 4.69) is 0 Å². The lowest BCUT2D eigenvalue weighted by Gasteiger charge is -2.24. The van der Waals surface area contributed by atoms with Crippen molar-refractivity contribution in [2.45, 2.75) is 32.1 Å². The molecule has 1 saturated heterocycles. The van der Waals surface area contributed by atoms with E-state index in [9.17, 15) is 4.79 Å². The van der Waals surface area contributed by atoms with E-state index in [1.807, 2.05) is 0 Å². The first-order chi connectivity index (χ1) is 6.86. The third kappa shape index (κ3) is 2.87. The lowest BCUT2D eigenvalue weighted by Crippen LogP contribution is -2.36. The second kappa shape index (κ2) is 4.64. The molecule has 1 heterocycles. The molecule has 14 heavy (non-hydrogen) atoms. The van der Waals surface area contributed by atoms with Gasteiger partial charge in [0.1, 0.15) is 0 Å². The summed E-state index contributed by atoms with van der Waals surface area (Å²) in [5.41, 5.74) is 0. The molecule has 0 unspecified atom stereocenters. The van der Waals surface area contributed by atoms with Crippen LogP contribution in [0, 0.1) is 5.92 Å². The Morgan fingerprint density at radius 1 is 1.21 bits per heavy atom. The van der Waals surface area contributed by atoms with E-state index in [0.717, 1.165) is 25.9 Å². The number of nitrogens with zero attached hydrogens (tertiary/aromatic N) is 1. The average molecular weight is 199 g/mol. The van der Waals surface area contributed by atoms with Gasteiger partial charge in [0.05, 0.1) is 6.61 Å². The monoisotopic (exact) mass is 199 g/mol. The fourth-order valence-electron chi connectivity index (χ4n) is 1.59. The van der Waals surface area contributed by atoms with E-state index < -0.39 is 0 Å². The van der Waals surface area contributed by atoms with Crippen molar-refractivity contribution < 1.29 is 14.6 Å². The first-order valence-electron chi connectivity index (χ1n) is 5.44. The van der Waals surface area contributed by atoms with Crippen molar-refractivity contribution in [3.05, 3.63) is 0 Å². The van der Waals surface area contributed by atoms with Crippen molar-refractivity contribution in [1.82, 2.24) is 4.90 Å². The first-order valence-corrected chi connectivity index (χ1v) is 5.44. The summed E-state index contributed by atoms with van der Waals surface area (Å²) in [7, 11) is 0. The van der Waals surface area contributed by atoms with E-state index in [1.165, 1.54) is 19.3 Å². The van der Waals surface area contributed by atoms with E-state index in [-0.39, 0.29) is 6.09 Å². The smallest absolute Gasteiger partial charge is 0.306 e. The fraction of sp³-hybridized carbons (Fsp3) is 0.900. The minimum atomic E-state index is -0.314. The van der Waals surface area contributed by atoms with Gasteiger partial charge in [0.25, 0.3) is 0 Å². The number of likely N-dealkylation sites (tertiary alicyclic amines) is 1. The highest BCUT2D eigenvalue weighted by Crippen LogP contribution is 2.28. The van der Waals surface area contributed by atoms with Crippen LogP contribution >= 0.6 is 0 Å². The largest absolute Gasteiger partial charge is 0.441 e. The molecular weight excluding hydrogens is 182 g/mol. The van der Waals surface area contributed by atoms with Gasteiger partial charge in [-0.3, -0.25) is 4.89 Å². The van der Waals surface area contributed by atoms with Gasteiger partial charge in [0.2, 0.25) is 0 Å². The van der Waals surface area contributed by atoms with Crippen LogP contribution in [0.25, 0.3) is 0 Å². The summed E-state index contributed by atoms with van der Waals surface area (Å²) in [5, 5.41) is 0. The summed E-state index contributed by atoms with van der Waals surface area (Å²) in [6, 6.07) is 0. The second-order valence-corrected chi connectivity index (χ2v) is 4.12. The highest BCUT2D eigenvalue weighted by molar-refractivity contribution is 5.66. The molecule has 0 aromatic rings. The maximum atomic E-state index is 11.4. The Morgan fingerprint density at radius 3 is 2.57 bits per heavy atom. The van der Waals surface area contributed by atoms with Gasteiger partial charge < -0.3 is 4.90 Å². The zero-order valence-electron chi connectivity index (χ0n) is 8.41. The summed E-state index contributed by atoms with van der Waals surface area (Å²) < 4.78 is 0. The normalized spacial score (nSPS) is 22.1. The second-order valence-electron chi connectivity index (χ2n) is 4.12. The molecule has 0 radical (unpaired) electrons. The SMILES string of the molecule is O=C(OOCC1CC1)N1CCCCC1. The quantitative estimate of drug-likeness (QED) is 0.515. The van der Waals surface area contributed by atoms with E-state index in [4.69, 9.17) is 9.78 Å². The van der Waals surface area contributed by atoms with Crippen LogP contribution < -0.4 is 0 Å². The van der Waals surface area contributed by atoms with E-state index in [1.54, 1.807) is 4.90 Å². The Balaban J connectivity index is 1.60. The number of hydrogen-bond donors (Lipinski definition) is 0. The molecule has 1 aliphatic heterocycles. The van der Waals surface area contributed by atoms with E-state index >= 15 is 0 Å². The van der Waals surface area contributed by atoms with Crippen LogP contribution in [0.2, 0.25) is 0 Å². The molecule has 2 aliphatic rings. The standard InChI is InChI=1S/C10H17NO3/c12-10(11-6-2-1-3-7-11)14-13-8-9-4-5-9/h9H,1-8H2. The van der Waals surface area contributed by atoms with Crippen molar-refractivity contribution in [2.75, 3.05) is 19.7 Å². The highest BCUT2D eigenvalue weighted by Gasteiger charge is 2.24. The molecule has 0 atom stereocenters. The molecule has 0 bridgehead atoms. The predicted octanol–water partition coefficient (Wildman–Crippen LogP) is 1.95. The molecule has 0 aromatic heterocycles. The molecule has 4 heteroatoms. The first kappa shape index (κ1) is 9.77. The third-order valence-electron chi connectivity index (χ3n) is 2.75. The van der Waals surface area contributed by atoms with Gasteiger partial charge in [-0.05, 0) is 38.0 Å². The topological polar surface area (TPSA) is 38.8 Å². The molecule has 1 aliphatic carbocycles. The molecule has 0 aromatic carbocycles. The van der Waals surface area contributed by atoms with Crippen LogP contribution in [-0.4, -0.2) is 30.7 Å². The molecule has 80 valence electrons. The van der Waals surface area contributed by atoms with Gasteiger partial charge >= 0.3 is 6.09 Å². The van der Waals surface area contributed by atoms with Gasteiger partial charge in [-0.2, -0.15) is 4.89 Å². The molecule has 4 nitrogen and oxygen atoms in total. The summed E-state index contributed by atoms with van der Waals surface area (Å²) in [6.45, 7) is 2.19. The van der Waals surface area contributed by atoms with Crippen LogP contribution in [0.3, 0.4) is 0 Å². The molecule has 2 rings (SSSR count). The van der Waals surface area contributed by atoms with Crippen molar-refractivity contribution in [3.63, 3.8) is 0 Å². The molecule has 2 fully saturated rings. The predicted molar refractivity (Wildman–Crippen MR) is 50.6 cm³/mol. The van der Waals surface area contributed by atoms with Crippen LogP contribution in [0.15, 0.2) is 0 Å². The Labute approximate surface area is 84.1 Å². The minimum absolute atomic E-state index is 0.314. The number of piperidine rings is 1. The Hall–Kier alpha value is -0.770. The zero-order valence-corrected chi connectivity index (χ0v) is 8.41. The molecule has 1 amide bonds. The zero-order chi connectivity index (χ0) is 9.80. The van der Waals surface area contributed by atoms with Crippen LogP contribution in [0.1, 0.15) is 32.1 Å². The van der Waals surface area contributed by atoms with Crippen molar-refractivity contribution >= 4 is 6.09 Å². The maximum Gasteiger partial charge on any atom is 0.441 e. The lowest BCUT2D eigenvalue weighted by molar-refractivity contribution is -0.249. The van der Waals surface area contributed by atoms with Gasteiger partial charge in [-0.15, -0.1) is 0 Å². The maximum absolute atomic E-state index is 11.4. The van der Waals surface area contributed by atoms with Crippen LogP contribution in [-0.2, 0) is 9.78 Å². The number of hydrogen-bond acceptors (Lipinski definition) is 3. The van der Waals surface area contributed by atoms with Crippen LogP contribution in [0.5, 0.6) is 0 Å². The average Bonchev–Trinajstić information content (AvgIpc) is 3.03.